The zero-order valence-electron chi connectivity index (χ0n) is 9.73. The number of nitrogens with two attached hydrogens (primary N) is 1. The highest BCUT2D eigenvalue weighted by molar-refractivity contribution is 7.99. The average molecular weight is 243 g/mol. The lowest BCUT2D eigenvalue weighted by Gasteiger charge is -2.07. The predicted octanol–water partition coefficient (Wildman–Crippen LogP) is 1.30. The molecule has 0 aliphatic carbocycles. The Labute approximate surface area is 99.4 Å². The first-order valence-corrected chi connectivity index (χ1v) is 6.12. The Morgan fingerprint density at radius 2 is 2.12 bits per heavy atom. The number of hydrogen-bond donors (Lipinski definition) is 2. The SMILES string of the molecule is CCOc1nc(NN)nc(SCC(C)C)n1. The molecule has 0 amide bonds. The third-order valence-corrected chi connectivity index (χ3v) is 2.82. The summed E-state index contributed by atoms with van der Waals surface area (Å²) in [4.78, 5) is 12.3. The molecule has 1 rings (SSSR count). The highest BCUT2D eigenvalue weighted by Gasteiger charge is 2.07. The molecule has 7 heteroatoms. The summed E-state index contributed by atoms with van der Waals surface area (Å²) in [5, 5.41) is 0.625. The lowest BCUT2D eigenvalue weighted by Crippen LogP contribution is -2.13. The van der Waals surface area contributed by atoms with E-state index < -0.39 is 0 Å². The normalized spacial score (nSPS) is 10.6. The van der Waals surface area contributed by atoms with Crippen molar-refractivity contribution in [3.8, 4) is 6.01 Å². The molecule has 0 atom stereocenters. The van der Waals surface area contributed by atoms with Gasteiger partial charge < -0.3 is 4.74 Å². The number of nitrogens with zero attached hydrogens (tertiary/aromatic N) is 3. The molecule has 0 bridgehead atoms. The van der Waals surface area contributed by atoms with Crippen LogP contribution in [0.2, 0.25) is 0 Å². The molecule has 0 radical (unpaired) electrons. The molecule has 0 aromatic carbocycles. The molecule has 0 spiro atoms. The minimum atomic E-state index is 0.303. The van der Waals surface area contributed by atoms with E-state index in [9.17, 15) is 0 Å². The maximum atomic E-state index is 5.27. The summed E-state index contributed by atoms with van der Waals surface area (Å²) in [7, 11) is 0. The minimum Gasteiger partial charge on any atom is -0.464 e. The monoisotopic (exact) mass is 243 g/mol. The van der Waals surface area contributed by atoms with Gasteiger partial charge in [0.2, 0.25) is 5.95 Å². The summed E-state index contributed by atoms with van der Waals surface area (Å²) in [5.41, 5.74) is 2.40. The minimum absolute atomic E-state index is 0.303. The van der Waals surface area contributed by atoms with Crippen molar-refractivity contribution in [1.29, 1.82) is 0 Å². The summed E-state index contributed by atoms with van der Waals surface area (Å²) in [6.45, 7) is 6.67. The fourth-order valence-electron chi connectivity index (χ4n) is 0.902. The van der Waals surface area contributed by atoms with Crippen molar-refractivity contribution in [2.45, 2.75) is 25.9 Å². The molecule has 16 heavy (non-hydrogen) atoms. The van der Waals surface area contributed by atoms with E-state index in [1.165, 1.54) is 0 Å². The maximum Gasteiger partial charge on any atom is 0.322 e. The summed E-state index contributed by atoms with van der Waals surface area (Å²) in [5.74, 6) is 7.12. The third-order valence-electron chi connectivity index (χ3n) is 1.54. The Morgan fingerprint density at radius 1 is 1.38 bits per heavy atom. The van der Waals surface area contributed by atoms with Crippen LogP contribution in [0.5, 0.6) is 6.01 Å². The number of nitrogens with one attached hydrogen (secondary N) is 1. The summed E-state index contributed by atoms with van der Waals surface area (Å²) < 4.78 is 5.22. The molecule has 90 valence electrons. The zero-order valence-corrected chi connectivity index (χ0v) is 10.5. The van der Waals surface area contributed by atoms with Crippen LogP contribution >= 0.6 is 11.8 Å². The number of nitrogen functional groups attached to an aromatic ring is 1. The highest BCUT2D eigenvalue weighted by atomic mass is 32.2. The van der Waals surface area contributed by atoms with Gasteiger partial charge in [-0.15, -0.1) is 0 Å². The topological polar surface area (TPSA) is 86.0 Å². The third kappa shape index (κ3) is 4.19. The van der Waals surface area contributed by atoms with Gasteiger partial charge >= 0.3 is 6.01 Å². The van der Waals surface area contributed by atoms with E-state index in [4.69, 9.17) is 10.6 Å². The zero-order chi connectivity index (χ0) is 12.0. The van der Waals surface area contributed by atoms with E-state index in [0.29, 0.717) is 29.6 Å². The smallest absolute Gasteiger partial charge is 0.322 e. The number of aromatic nitrogens is 3. The highest BCUT2D eigenvalue weighted by Crippen LogP contribution is 2.19. The second-order valence-electron chi connectivity index (χ2n) is 3.51. The van der Waals surface area contributed by atoms with Crippen molar-refractivity contribution in [2.24, 2.45) is 11.8 Å². The summed E-state index contributed by atoms with van der Waals surface area (Å²) in [6, 6.07) is 0.303. The van der Waals surface area contributed by atoms with Crippen LogP contribution in [0.4, 0.5) is 5.95 Å². The van der Waals surface area contributed by atoms with Gasteiger partial charge in [0.1, 0.15) is 0 Å². The number of hydrazine groups is 1. The first kappa shape index (κ1) is 13.0. The largest absolute Gasteiger partial charge is 0.464 e. The van der Waals surface area contributed by atoms with Gasteiger partial charge in [-0.3, -0.25) is 5.43 Å². The van der Waals surface area contributed by atoms with E-state index in [1.54, 1.807) is 11.8 Å². The Kier molecular flexibility index (Phi) is 5.27. The van der Waals surface area contributed by atoms with Gasteiger partial charge in [-0.25, -0.2) is 5.84 Å². The molecule has 0 fully saturated rings. The van der Waals surface area contributed by atoms with Crippen LogP contribution in [-0.2, 0) is 0 Å². The second-order valence-corrected chi connectivity index (χ2v) is 4.49. The van der Waals surface area contributed by atoms with E-state index in [1.807, 2.05) is 6.92 Å². The van der Waals surface area contributed by atoms with Crippen LogP contribution in [0, 0.1) is 5.92 Å². The quantitative estimate of drug-likeness (QED) is 0.442. The number of anilines is 1. The van der Waals surface area contributed by atoms with Gasteiger partial charge in [0.25, 0.3) is 0 Å². The number of rotatable bonds is 6. The summed E-state index contributed by atoms with van der Waals surface area (Å²) >= 11 is 1.56. The predicted molar refractivity (Wildman–Crippen MR) is 64.4 cm³/mol. The molecule has 6 nitrogen and oxygen atoms in total. The van der Waals surface area contributed by atoms with Crippen LogP contribution in [0.3, 0.4) is 0 Å². The Hall–Kier alpha value is -1.08. The van der Waals surface area contributed by atoms with Crippen LogP contribution < -0.4 is 16.0 Å². The Bertz CT molecular complexity index is 334. The maximum absolute atomic E-state index is 5.27. The van der Waals surface area contributed by atoms with Gasteiger partial charge in [0, 0.05) is 5.75 Å². The van der Waals surface area contributed by atoms with E-state index >= 15 is 0 Å². The van der Waals surface area contributed by atoms with Gasteiger partial charge in [0.15, 0.2) is 5.16 Å². The first-order valence-electron chi connectivity index (χ1n) is 5.14. The molecule has 0 unspecified atom stereocenters. The first-order chi connectivity index (χ1) is 7.65. The van der Waals surface area contributed by atoms with Gasteiger partial charge in [0.05, 0.1) is 6.61 Å². The standard InChI is InChI=1S/C9H17N5OS/c1-4-15-8-11-7(14-10)12-9(13-8)16-5-6(2)3/h6H,4-5,10H2,1-3H3,(H,11,12,13,14). The number of ether oxygens (including phenoxy) is 1. The van der Waals surface area contributed by atoms with Crippen LogP contribution in [-0.4, -0.2) is 27.3 Å². The lowest BCUT2D eigenvalue weighted by molar-refractivity contribution is 0.308. The molecule has 1 heterocycles. The van der Waals surface area contributed by atoms with Crippen molar-refractivity contribution in [2.75, 3.05) is 17.8 Å². The molecular weight excluding hydrogens is 226 g/mol. The van der Waals surface area contributed by atoms with Crippen molar-refractivity contribution >= 4 is 17.7 Å². The summed E-state index contributed by atoms with van der Waals surface area (Å²) in [6.07, 6.45) is 0. The average Bonchev–Trinajstić information content (AvgIpc) is 2.26. The van der Waals surface area contributed by atoms with E-state index in [-0.39, 0.29) is 0 Å². The molecule has 0 saturated carbocycles. The number of thioether (sulfide) groups is 1. The van der Waals surface area contributed by atoms with E-state index in [0.717, 1.165) is 5.75 Å². The van der Waals surface area contributed by atoms with Crippen LogP contribution in [0.15, 0.2) is 5.16 Å². The second kappa shape index (κ2) is 6.49. The number of hydrogen-bond acceptors (Lipinski definition) is 7. The molecular formula is C9H17N5OS. The lowest BCUT2D eigenvalue weighted by atomic mass is 10.3. The molecule has 3 N–H and O–H groups in total. The fraction of sp³-hybridized carbons (Fsp3) is 0.667. The van der Waals surface area contributed by atoms with Crippen molar-refractivity contribution in [3.63, 3.8) is 0 Å². The van der Waals surface area contributed by atoms with Crippen molar-refractivity contribution < 1.29 is 4.74 Å². The molecule has 0 saturated heterocycles. The molecule has 1 aromatic rings. The van der Waals surface area contributed by atoms with Crippen molar-refractivity contribution in [3.05, 3.63) is 0 Å². The Morgan fingerprint density at radius 3 is 2.69 bits per heavy atom. The molecule has 1 aromatic heterocycles. The van der Waals surface area contributed by atoms with Gasteiger partial charge in [-0.2, -0.15) is 15.0 Å². The molecule has 0 aliphatic heterocycles. The van der Waals surface area contributed by atoms with Gasteiger partial charge in [-0.1, -0.05) is 25.6 Å². The Balaban J connectivity index is 2.77. The fourth-order valence-corrected chi connectivity index (χ4v) is 1.68. The van der Waals surface area contributed by atoms with Crippen molar-refractivity contribution in [1.82, 2.24) is 15.0 Å². The van der Waals surface area contributed by atoms with Crippen LogP contribution in [0.25, 0.3) is 0 Å². The van der Waals surface area contributed by atoms with E-state index in [2.05, 4.69) is 34.2 Å². The van der Waals surface area contributed by atoms with Crippen LogP contribution in [0.1, 0.15) is 20.8 Å². The van der Waals surface area contributed by atoms with Gasteiger partial charge in [-0.05, 0) is 12.8 Å². The molecule has 0 aliphatic rings.